The Morgan fingerprint density at radius 1 is 0.532 bits per heavy atom. The van der Waals surface area contributed by atoms with Crippen molar-refractivity contribution in [2.75, 3.05) is 35.5 Å². The SMILES string of the molecule is COc1ccc(CCn2c(C(=O)c3ccc(OC)cc3)c(-c3ccc(OC)cc3)c3c4c([nH]c5c(OCc6ccccc6)cccc54)c(OC)c(-c4ccc(OC)cc4)c32)cc1. The first kappa shape index (κ1) is 39.8. The zero-order valence-corrected chi connectivity index (χ0v) is 35.3. The minimum absolute atomic E-state index is 0.135. The van der Waals surface area contributed by atoms with E-state index in [2.05, 4.69) is 39.9 Å². The molecular weight excluding hydrogens is 777 g/mol. The molecule has 0 bridgehead atoms. The number of carbonyl (C=O) groups excluding carboxylic acids is 1. The summed E-state index contributed by atoms with van der Waals surface area (Å²) in [4.78, 5) is 19.3. The molecule has 310 valence electrons. The number of aromatic nitrogens is 2. The van der Waals surface area contributed by atoms with E-state index in [-0.39, 0.29) is 5.78 Å². The molecule has 62 heavy (non-hydrogen) atoms. The Bertz CT molecular complexity index is 3020. The van der Waals surface area contributed by atoms with Gasteiger partial charge in [-0.25, -0.2) is 0 Å². The maximum absolute atomic E-state index is 15.6. The maximum atomic E-state index is 15.6. The number of aromatic amines is 1. The van der Waals surface area contributed by atoms with Crippen molar-refractivity contribution < 1.29 is 33.2 Å². The van der Waals surface area contributed by atoms with E-state index in [4.69, 9.17) is 28.4 Å². The first-order valence-corrected chi connectivity index (χ1v) is 20.4. The van der Waals surface area contributed by atoms with E-state index >= 15 is 4.79 Å². The van der Waals surface area contributed by atoms with Crippen molar-refractivity contribution in [1.29, 1.82) is 0 Å². The predicted molar refractivity (Wildman–Crippen MR) is 246 cm³/mol. The van der Waals surface area contributed by atoms with Crippen molar-refractivity contribution in [3.8, 4) is 56.8 Å². The number of hydrogen-bond acceptors (Lipinski definition) is 7. The van der Waals surface area contributed by atoms with Crippen LogP contribution in [0.1, 0.15) is 27.2 Å². The van der Waals surface area contributed by atoms with E-state index in [1.807, 2.05) is 115 Å². The molecule has 0 fully saturated rings. The number of fused-ring (bicyclic) bond motifs is 5. The largest absolute Gasteiger partial charge is 0.497 e. The zero-order chi connectivity index (χ0) is 42.7. The molecule has 7 aromatic carbocycles. The lowest BCUT2D eigenvalue weighted by Gasteiger charge is -2.17. The summed E-state index contributed by atoms with van der Waals surface area (Å²) in [6.07, 6.45) is 0.618. The van der Waals surface area contributed by atoms with Crippen LogP contribution in [0, 0.1) is 0 Å². The van der Waals surface area contributed by atoms with Crippen LogP contribution in [0.3, 0.4) is 0 Å². The molecule has 2 aromatic heterocycles. The van der Waals surface area contributed by atoms with Crippen LogP contribution in [0.4, 0.5) is 0 Å². The zero-order valence-electron chi connectivity index (χ0n) is 35.3. The summed E-state index contributed by atoms with van der Waals surface area (Å²) in [6, 6.07) is 47.5. The van der Waals surface area contributed by atoms with Gasteiger partial charge in [0.1, 0.15) is 35.4 Å². The number of ketones is 1. The number of benzene rings is 7. The second-order valence-corrected chi connectivity index (χ2v) is 14.9. The Morgan fingerprint density at radius 2 is 1.10 bits per heavy atom. The summed E-state index contributed by atoms with van der Waals surface area (Å²) >= 11 is 0. The van der Waals surface area contributed by atoms with Crippen molar-refractivity contribution in [1.82, 2.24) is 9.55 Å². The van der Waals surface area contributed by atoms with Gasteiger partial charge < -0.3 is 38.0 Å². The molecule has 9 nitrogen and oxygen atoms in total. The minimum atomic E-state index is -0.135. The number of hydrogen-bond donors (Lipinski definition) is 1. The van der Waals surface area contributed by atoms with E-state index in [0.717, 1.165) is 77.6 Å². The van der Waals surface area contributed by atoms with Gasteiger partial charge in [-0.2, -0.15) is 0 Å². The Morgan fingerprint density at radius 3 is 1.68 bits per heavy atom. The van der Waals surface area contributed by atoms with Gasteiger partial charge >= 0.3 is 0 Å². The van der Waals surface area contributed by atoms with Gasteiger partial charge in [0.15, 0.2) is 5.75 Å². The molecule has 0 unspecified atom stereocenters. The van der Waals surface area contributed by atoms with Gasteiger partial charge in [-0.3, -0.25) is 4.79 Å². The fourth-order valence-electron chi connectivity index (χ4n) is 8.47. The summed E-state index contributed by atoms with van der Waals surface area (Å²) in [7, 11) is 8.29. The van der Waals surface area contributed by atoms with Crippen LogP contribution in [0.5, 0.6) is 34.5 Å². The normalized spacial score (nSPS) is 11.2. The first-order valence-electron chi connectivity index (χ1n) is 20.4. The smallest absolute Gasteiger partial charge is 0.210 e. The van der Waals surface area contributed by atoms with Gasteiger partial charge in [-0.15, -0.1) is 0 Å². The monoisotopic (exact) mass is 822 g/mol. The lowest BCUT2D eigenvalue weighted by atomic mass is 9.92. The number of H-pyrrole nitrogens is 1. The molecule has 9 rings (SSSR count). The highest BCUT2D eigenvalue weighted by atomic mass is 16.5. The second kappa shape index (κ2) is 17.1. The number of methoxy groups -OCH3 is 5. The average molecular weight is 823 g/mol. The summed E-state index contributed by atoms with van der Waals surface area (Å²) in [6.45, 7) is 0.847. The molecular formula is C53H46N2O7. The lowest BCUT2D eigenvalue weighted by molar-refractivity contribution is 0.103. The van der Waals surface area contributed by atoms with Gasteiger partial charge in [0.2, 0.25) is 5.78 Å². The topological polar surface area (TPSA) is 93.2 Å². The van der Waals surface area contributed by atoms with E-state index < -0.39 is 0 Å². The number of carbonyl (C=O) groups is 1. The van der Waals surface area contributed by atoms with Gasteiger partial charge in [0.05, 0.1) is 63.4 Å². The molecule has 0 spiro atoms. The molecule has 0 radical (unpaired) electrons. The summed E-state index contributed by atoms with van der Waals surface area (Å²) in [5, 5.41) is 2.74. The van der Waals surface area contributed by atoms with Crippen molar-refractivity contribution in [2.45, 2.75) is 19.6 Å². The van der Waals surface area contributed by atoms with Crippen molar-refractivity contribution in [2.24, 2.45) is 0 Å². The molecule has 1 N–H and O–H groups in total. The first-order chi connectivity index (χ1) is 30.4. The molecule has 0 amide bonds. The highest BCUT2D eigenvalue weighted by Crippen LogP contribution is 2.52. The Kier molecular flexibility index (Phi) is 11.0. The third kappa shape index (κ3) is 7.21. The molecule has 2 heterocycles. The fourth-order valence-corrected chi connectivity index (χ4v) is 8.47. The van der Waals surface area contributed by atoms with Crippen LogP contribution >= 0.6 is 0 Å². The minimum Gasteiger partial charge on any atom is -0.497 e. The Hall–Kier alpha value is -7.65. The number of para-hydroxylation sites is 1. The average Bonchev–Trinajstić information content (AvgIpc) is 3.89. The quantitative estimate of drug-likeness (QED) is 0.103. The fraction of sp³-hybridized carbons (Fsp3) is 0.151. The van der Waals surface area contributed by atoms with Crippen LogP contribution in [0.25, 0.3) is 55.0 Å². The van der Waals surface area contributed by atoms with Gasteiger partial charge in [0, 0.05) is 33.8 Å². The summed E-state index contributed by atoms with van der Waals surface area (Å²) in [5.41, 5.74) is 9.03. The highest BCUT2D eigenvalue weighted by molar-refractivity contribution is 6.32. The van der Waals surface area contributed by atoms with Crippen LogP contribution in [-0.2, 0) is 19.6 Å². The van der Waals surface area contributed by atoms with Crippen molar-refractivity contribution in [3.05, 3.63) is 168 Å². The summed E-state index contributed by atoms with van der Waals surface area (Å²) < 4.78 is 37.6. The van der Waals surface area contributed by atoms with E-state index in [9.17, 15) is 0 Å². The molecule has 0 aliphatic heterocycles. The van der Waals surface area contributed by atoms with E-state index in [1.165, 1.54) is 0 Å². The maximum Gasteiger partial charge on any atom is 0.210 e. The molecule has 0 aliphatic carbocycles. The van der Waals surface area contributed by atoms with Crippen LogP contribution in [0.2, 0.25) is 0 Å². The lowest BCUT2D eigenvalue weighted by Crippen LogP contribution is -2.13. The second-order valence-electron chi connectivity index (χ2n) is 14.9. The number of nitrogens with zero attached hydrogens (tertiary/aromatic N) is 1. The van der Waals surface area contributed by atoms with Crippen molar-refractivity contribution in [3.63, 3.8) is 0 Å². The van der Waals surface area contributed by atoms with Gasteiger partial charge in [-0.05, 0) is 95.4 Å². The van der Waals surface area contributed by atoms with Crippen LogP contribution in [0.15, 0.2) is 146 Å². The number of rotatable bonds is 15. The molecule has 0 atom stereocenters. The van der Waals surface area contributed by atoms with Gasteiger partial charge in [-0.1, -0.05) is 78.9 Å². The number of ether oxygens (including phenoxy) is 6. The molecule has 0 aliphatic rings. The number of aryl methyl sites for hydroxylation is 2. The van der Waals surface area contributed by atoms with Crippen molar-refractivity contribution >= 4 is 38.5 Å². The van der Waals surface area contributed by atoms with Crippen LogP contribution in [-0.4, -0.2) is 50.9 Å². The third-order valence-corrected chi connectivity index (χ3v) is 11.5. The van der Waals surface area contributed by atoms with E-state index in [1.54, 1.807) is 35.5 Å². The Labute approximate surface area is 360 Å². The summed E-state index contributed by atoms with van der Waals surface area (Å²) in [5.74, 6) is 4.06. The predicted octanol–water partition coefficient (Wildman–Crippen LogP) is 11.7. The van der Waals surface area contributed by atoms with Crippen LogP contribution < -0.4 is 28.4 Å². The molecule has 9 heteroatoms. The molecule has 0 saturated heterocycles. The number of nitrogens with one attached hydrogen (secondary N) is 1. The van der Waals surface area contributed by atoms with Gasteiger partial charge in [0.25, 0.3) is 0 Å². The molecule has 0 saturated carbocycles. The highest BCUT2D eigenvalue weighted by Gasteiger charge is 2.32. The van der Waals surface area contributed by atoms with E-state index in [0.29, 0.717) is 53.8 Å². The Balaban J connectivity index is 1.43. The third-order valence-electron chi connectivity index (χ3n) is 11.5. The molecule has 9 aromatic rings. The standard InChI is InChI=1S/C53H46N2O7/c1-57-38-22-14-33(15-23-38)30-31-55-50-45(36-18-26-40(59-3)27-19-36)53(61-5)49-46(42-12-9-13-43(48(42)54-49)62-32-34-10-7-6-8-11-34)47(50)44(35-16-24-39(58-2)25-17-35)51(55)52(56)37-20-28-41(60-4)29-21-37/h6-29,54H,30-32H2,1-5H3.